The average molecular weight is 400 g/mol. The Morgan fingerprint density at radius 2 is 1.54 bits per heavy atom. The summed E-state index contributed by atoms with van der Waals surface area (Å²) in [5.74, 6) is -3.95. The molecule has 1 aromatic rings. The molecule has 1 rings (SSSR count). The summed E-state index contributed by atoms with van der Waals surface area (Å²) in [5, 5.41) is 34.4. The largest absolute Gasteiger partial charge is 0.480 e. The predicted molar refractivity (Wildman–Crippen MR) is 93.5 cm³/mol. The first-order valence-electron chi connectivity index (χ1n) is 8.28. The fourth-order valence-electron chi connectivity index (χ4n) is 2.05. The predicted octanol–water partition coefficient (Wildman–Crippen LogP) is -4.18. The number of imidazole rings is 1. The molecule has 4 unspecified atom stereocenters. The first-order chi connectivity index (χ1) is 13.2. The number of carbonyl (C=O) groups is 4. The number of aromatic amines is 1. The average Bonchev–Trinajstić information content (AvgIpc) is 3.15. The molecule has 0 saturated heterocycles. The van der Waals surface area contributed by atoms with Gasteiger partial charge in [-0.2, -0.15) is 0 Å². The molecule has 4 atom stereocenters. The van der Waals surface area contributed by atoms with Crippen LogP contribution < -0.4 is 21.7 Å². The van der Waals surface area contributed by atoms with Gasteiger partial charge in [0.15, 0.2) is 0 Å². The standard InChI is InChI=1S/C15H24N6O7/c1-7(16)12(24)20-10(4-22)14(26)21-11(5-23)13(25)19-9(15(27)28)2-8-3-17-6-18-8/h3,6-7,9-11,22-23H,2,4-5,16H2,1H3,(H,17,18)(H,19,25)(H,20,24)(H,21,26)(H,27,28). The van der Waals surface area contributed by atoms with Crippen molar-refractivity contribution in [3.63, 3.8) is 0 Å². The number of carboxylic acid groups (broad SMARTS) is 1. The van der Waals surface area contributed by atoms with Gasteiger partial charge in [0.1, 0.15) is 18.1 Å². The van der Waals surface area contributed by atoms with E-state index < -0.39 is 61.1 Å². The molecule has 3 amide bonds. The normalized spacial score (nSPS) is 15.0. The fraction of sp³-hybridized carbons (Fsp3) is 0.533. The summed E-state index contributed by atoms with van der Waals surface area (Å²) in [5.41, 5.74) is 5.82. The maximum Gasteiger partial charge on any atom is 0.326 e. The molecule has 0 bridgehead atoms. The Hall–Kier alpha value is -3.03. The number of aliphatic hydroxyl groups excluding tert-OH is 2. The lowest BCUT2D eigenvalue weighted by Gasteiger charge is -2.22. The molecule has 1 aromatic heterocycles. The van der Waals surface area contributed by atoms with Gasteiger partial charge in [0.05, 0.1) is 25.6 Å². The number of nitrogens with two attached hydrogens (primary N) is 1. The van der Waals surface area contributed by atoms with Crippen molar-refractivity contribution in [3.05, 3.63) is 18.2 Å². The molecule has 13 nitrogen and oxygen atoms in total. The van der Waals surface area contributed by atoms with E-state index >= 15 is 0 Å². The van der Waals surface area contributed by atoms with E-state index in [2.05, 4.69) is 25.9 Å². The number of H-pyrrole nitrogens is 1. The van der Waals surface area contributed by atoms with E-state index in [1.54, 1.807) is 0 Å². The van der Waals surface area contributed by atoms with Crippen LogP contribution in [0.2, 0.25) is 0 Å². The van der Waals surface area contributed by atoms with Gasteiger partial charge in [-0.1, -0.05) is 0 Å². The maximum absolute atomic E-state index is 12.2. The van der Waals surface area contributed by atoms with Crippen molar-refractivity contribution in [2.45, 2.75) is 37.5 Å². The number of rotatable bonds is 11. The fourth-order valence-corrected chi connectivity index (χ4v) is 2.05. The van der Waals surface area contributed by atoms with Gasteiger partial charge < -0.3 is 42.0 Å². The molecular formula is C15H24N6O7. The van der Waals surface area contributed by atoms with Crippen molar-refractivity contribution in [2.75, 3.05) is 13.2 Å². The first-order valence-corrected chi connectivity index (χ1v) is 8.28. The van der Waals surface area contributed by atoms with Gasteiger partial charge in [-0.25, -0.2) is 9.78 Å². The van der Waals surface area contributed by atoms with Crippen molar-refractivity contribution in [1.29, 1.82) is 0 Å². The highest BCUT2D eigenvalue weighted by molar-refractivity contribution is 5.94. The van der Waals surface area contributed by atoms with E-state index in [-0.39, 0.29) is 6.42 Å². The van der Waals surface area contributed by atoms with E-state index in [0.29, 0.717) is 5.69 Å². The van der Waals surface area contributed by atoms with Crippen LogP contribution >= 0.6 is 0 Å². The zero-order valence-corrected chi connectivity index (χ0v) is 15.1. The number of carbonyl (C=O) groups excluding carboxylic acids is 3. The topological polar surface area (TPSA) is 220 Å². The third-order valence-electron chi connectivity index (χ3n) is 3.64. The van der Waals surface area contributed by atoms with Crippen LogP contribution in [0.1, 0.15) is 12.6 Å². The summed E-state index contributed by atoms with van der Waals surface area (Å²) < 4.78 is 0. The lowest BCUT2D eigenvalue weighted by molar-refractivity contribution is -0.142. The van der Waals surface area contributed by atoms with Crippen molar-refractivity contribution in [3.8, 4) is 0 Å². The van der Waals surface area contributed by atoms with Gasteiger partial charge in [0.25, 0.3) is 0 Å². The zero-order chi connectivity index (χ0) is 21.3. The minimum Gasteiger partial charge on any atom is -0.480 e. The molecule has 0 saturated carbocycles. The Kier molecular flexibility index (Phi) is 9.01. The second-order valence-electron chi connectivity index (χ2n) is 5.96. The second-order valence-corrected chi connectivity index (χ2v) is 5.96. The van der Waals surface area contributed by atoms with Gasteiger partial charge in [0, 0.05) is 18.3 Å². The summed E-state index contributed by atoms with van der Waals surface area (Å²) >= 11 is 0. The number of amides is 3. The molecule has 0 aliphatic heterocycles. The maximum atomic E-state index is 12.2. The van der Waals surface area contributed by atoms with E-state index in [1.807, 2.05) is 0 Å². The summed E-state index contributed by atoms with van der Waals surface area (Å²) in [6.07, 6.45) is 2.63. The minimum absolute atomic E-state index is 0.100. The molecule has 1 heterocycles. The molecule has 0 aliphatic rings. The number of hydrogen-bond donors (Lipinski definition) is 8. The molecule has 13 heteroatoms. The molecular weight excluding hydrogens is 376 g/mol. The van der Waals surface area contributed by atoms with Crippen molar-refractivity contribution < 1.29 is 34.5 Å². The lowest BCUT2D eigenvalue weighted by atomic mass is 10.1. The Labute approximate surface area is 159 Å². The number of hydrogen-bond acceptors (Lipinski definition) is 8. The molecule has 9 N–H and O–H groups in total. The van der Waals surface area contributed by atoms with Gasteiger partial charge in [-0.05, 0) is 6.92 Å². The van der Waals surface area contributed by atoms with Crippen LogP contribution in [-0.4, -0.2) is 86.4 Å². The monoisotopic (exact) mass is 400 g/mol. The molecule has 0 fully saturated rings. The molecule has 0 aliphatic carbocycles. The Bertz CT molecular complexity index is 678. The van der Waals surface area contributed by atoms with E-state index in [0.717, 1.165) is 0 Å². The highest BCUT2D eigenvalue weighted by Gasteiger charge is 2.29. The van der Waals surface area contributed by atoms with E-state index in [4.69, 9.17) is 5.73 Å². The van der Waals surface area contributed by atoms with E-state index in [1.165, 1.54) is 19.4 Å². The van der Waals surface area contributed by atoms with Gasteiger partial charge in [-0.3, -0.25) is 14.4 Å². The summed E-state index contributed by atoms with van der Waals surface area (Å²) in [6.45, 7) is -0.244. The Morgan fingerprint density at radius 3 is 1.93 bits per heavy atom. The van der Waals surface area contributed by atoms with Gasteiger partial charge in [-0.15, -0.1) is 0 Å². The van der Waals surface area contributed by atoms with Crippen molar-refractivity contribution in [1.82, 2.24) is 25.9 Å². The number of nitrogens with zero attached hydrogens (tertiary/aromatic N) is 1. The summed E-state index contributed by atoms with van der Waals surface area (Å²) in [6, 6.07) is -5.18. The molecule has 156 valence electrons. The second kappa shape index (κ2) is 11.0. The summed E-state index contributed by atoms with van der Waals surface area (Å²) in [4.78, 5) is 53.7. The quantitative estimate of drug-likeness (QED) is 0.180. The van der Waals surface area contributed by atoms with Crippen LogP contribution in [0.3, 0.4) is 0 Å². The smallest absolute Gasteiger partial charge is 0.326 e. The number of carboxylic acids is 1. The zero-order valence-electron chi connectivity index (χ0n) is 15.1. The third kappa shape index (κ3) is 6.94. The van der Waals surface area contributed by atoms with Crippen LogP contribution in [0.5, 0.6) is 0 Å². The number of aliphatic hydroxyl groups is 2. The summed E-state index contributed by atoms with van der Waals surface area (Å²) in [7, 11) is 0. The lowest BCUT2D eigenvalue weighted by Crippen LogP contribution is -2.58. The minimum atomic E-state index is -1.50. The first kappa shape index (κ1) is 23.0. The highest BCUT2D eigenvalue weighted by Crippen LogP contribution is 2.00. The van der Waals surface area contributed by atoms with Crippen LogP contribution in [0, 0.1) is 0 Å². The molecule has 0 aromatic carbocycles. The number of nitrogens with one attached hydrogen (secondary N) is 4. The van der Waals surface area contributed by atoms with Gasteiger partial charge in [0.2, 0.25) is 17.7 Å². The number of aliphatic carboxylic acids is 1. The SMILES string of the molecule is CC(N)C(=O)NC(CO)C(=O)NC(CO)C(=O)NC(Cc1cnc[nH]1)C(=O)O. The van der Waals surface area contributed by atoms with Gasteiger partial charge >= 0.3 is 5.97 Å². The van der Waals surface area contributed by atoms with Crippen LogP contribution in [-0.2, 0) is 25.6 Å². The molecule has 0 spiro atoms. The van der Waals surface area contributed by atoms with Crippen molar-refractivity contribution in [2.24, 2.45) is 5.73 Å². The van der Waals surface area contributed by atoms with E-state index in [9.17, 15) is 34.5 Å². The molecule has 0 radical (unpaired) electrons. The number of aromatic nitrogens is 2. The Balaban J connectivity index is 2.73. The van der Waals surface area contributed by atoms with Crippen LogP contribution in [0.25, 0.3) is 0 Å². The van der Waals surface area contributed by atoms with Crippen molar-refractivity contribution >= 4 is 23.7 Å². The Morgan fingerprint density at radius 1 is 1.04 bits per heavy atom. The van der Waals surface area contributed by atoms with Crippen LogP contribution in [0.4, 0.5) is 0 Å². The molecule has 28 heavy (non-hydrogen) atoms. The highest BCUT2D eigenvalue weighted by atomic mass is 16.4. The van der Waals surface area contributed by atoms with Crippen LogP contribution in [0.15, 0.2) is 12.5 Å². The third-order valence-corrected chi connectivity index (χ3v) is 3.64.